The second-order valence-electron chi connectivity index (χ2n) is 4.84. The second kappa shape index (κ2) is 5.33. The third kappa shape index (κ3) is 2.97. The number of carbonyl (C=O) groups excluding carboxylic acids is 1. The van der Waals surface area contributed by atoms with Gasteiger partial charge in [-0.3, -0.25) is 4.79 Å². The zero-order valence-corrected chi connectivity index (χ0v) is 12.4. The SMILES string of the molecule is O=C(Nc1ccc(Br)c(C(=O)O)c1)c1cc(C2CC2)on1. The first kappa shape index (κ1) is 13.8. The molecule has 2 N–H and O–H groups in total. The van der Waals surface area contributed by atoms with Crippen molar-refractivity contribution >= 4 is 33.5 Å². The normalized spacial score (nSPS) is 14.0. The zero-order valence-electron chi connectivity index (χ0n) is 10.8. The molecule has 1 aromatic carbocycles. The number of aromatic nitrogens is 1. The van der Waals surface area contributed by atoms with E-state index in [9.17, 15) is 9.59 Å². The highest BCUT2D eigenvalue weighted by molar-refractivity contribution is 9.10. The standard InChI is InChI=1S/C14H11BrN2O4/c15-10-4-3-8(5-9(10)14(19)20)16-13(18)11-6-12(21-17-11)7-1-2-7/h3-7H,1-2H2,(H,16,18)(H,19,20). The van der Waals surface area contributed by atoms with Crippen molar-refractivity contribution in [1.29, 1.82) is 0 Å². The van der Waals surface area contributed by atoms with Gasteiger partial charge in [0.2, 0.25) is 0 Å². The van der Waals surface area contributed by atoms with E-state index in [4.69, 9.17) is 9.63 Å². The van der Waals surface area contributed by atoms with E-state index in [-0.39, 0.29) is 11.3 Å². The average Bonchev–Trinajstić information content (AvgIpc) is 3.18. The highest BCUT2D eigenvalue weighted by atomic mass is 79.9. The number of nitrogens with zero attached hydrogens (tertiary/aromatic N) is 1. The molecule has 6 nitrogen and oxygen atoms in total. The first-order chi connectivity index (χ1) is 10.0. The van der Waals surface area contributed by atoms with Crippen LogP contribution in [0.3, 0.4) is 0 Å². The van der Waals surface area contributed by atoms with Gasteiger partial charge in [-0.05, 0) is 47.0 Å². The average molecular weight is 351 g/mol. The van der Waals surface area contributed by atoms with Crippen molar-refractivity contribution in [1.82, 2.24) is 5.16 Å². The molecule has 0 bridgehead atoms. The molecular weight excluding hydrogens is 340 g/mol. The van der Waals surface area contributed by atoms with Gasteiger partial charge in [0.1, 0.15) is 5.76 Å². The number of rotatable bonds is 4. The van der Waals surface area contributed by atoms with E-state index in [2.05, 4.69) is 26.4 Å². The van der Waals surface area contributed by atoms with Gasteiger partial charge in [0.15, 0.2) is 5.69 Å². The summed E-state index contributed by atoms with van der Waals surface area (Å²) in [6.45, 7) is 0. The molecule has 1 heterocycles. The summed E-state index contributed by atoms with van der Waals surface area (Å²) < 4.78 is 5.57. The number of carboxylic acid groups (broad SMARTS) is 1. The molecule has 1 saturated carbocycles. The Kier molecular flexibility index (Phi) is 3.50. The fraction of sp³-hybridized carbons (Fsp3) is 0.214. The molecule has 0 spiro atoms. The van der Waals surface area contributed by atoms with Crippen molar-refractivity contribution < 1.29 is 19.2 Å². The molecule has 2 aromatic rings. The van der Waals surface area contributed by atoms with Gasteiger partial charge in [-0.25, -0.2) is 4.79 Å². The summed E-state index contributed by atoms with van der Waals surface area (Å²) in [6, 6.07) is 6.18. The Morgan fingerprint density at radius 2 is 2.10 bits per heavy atom. The summed E-state index contributed by atoms with van der Waals surface area (Å²) in [5.41, 5.74) is 0.653. The minimum atomic E-state index is -1.07. The van der Waals surface area contributed by atoms with Crippen molar-refractivity contribution in [3.05, 3.63) is 45.8 Å². The fourth-order valence-electron chi connectivity index (χ4n) is 1.92. The van der Waals surface area contributed by atoms with Crippen LogP contribution in [0, 0.1) is 0 Å². The Morgan fingerprint density at radius 3 is 2.76 bits per heavy atom. The van der Waals surface area contributed by atoms with Crippen LogP contribution in [0.25, 0.3) is 0 Å². The summed E-state index contributed by atoms with van der Waals surface area (Å²) >= 11 is 3.15. The van der Waals surface area contributed by atoms with Crippen LogP contribution in [0.1, 0.15) is 45.4 Å². The van der Waals surface area contributed by atoms with E-state index in [0.29, 0.717) is 16.1 Å². The van der Waals surface area contributed by atoms with Gasteiger partial charge in [-0.1, -0.05) is 5.16 Å². The highest BCUT2D eigenvalue weighted by Gasteiger charge is 2.28. The van der Waals surface area contributed by atoms with E-state index >= 15 is 0 Å². The van der Waals surface area contributed by atoms with Crippen molar-refractivity contribution in [2.24, 2.45) is 0 Å². The minimum Gasteiger partial charge on any atom is -0.478 e. The largest absolute Gasteiger partial charge is 0.478 e. The molecule has 0 atom stereocenters. The Labute approximate surface area is 128 Å². The van der Waals surface area contributed by atoms with Crippen LogP contribution < -0.4 is 5.32 Å². The van der Waals surface area contributed by atoms with E-state index in [1.807, 2.05) is 0 Å². The smallest absolute Gasteiger partial charge is 0.336 e. The van der Waals surface area contributed by atoms with Gasteiger partial charge in [0.05, 0.1) is 5.56 Å². The lowest BCUT2D eigenvalue weighted by molar-refractivity contribution is 0.0695. The van der Waals surface area contributed by atoms with E-state index in [1.165, 1.54) is 6.07 Å². The summed E-state index contributed by atoms with van der Waals surface area (Å²) in [6.07, 6.45) is 2.12. The van der Waals surface area contributed by atoms with Gasteiger partial charge in [0.25, 0.3) is 5.91 Å². The number of benzene rings is 1. The van der Waals surface area contributed by atoms with Crippen LogP contribution in [-0.4, -0.2) is 22.1 Å². The van der Waals surface area contributed by atoms with Gasteiger partial charge in [-0.2, -0.15) is 0 Å². The lowest BCUT2D eigenvalue weighted by Crippen LogP contribution is -2.12. The molecule has 1 aliphatic carbocycles. The maximum atomic E-state index is 12.0. The molecule has 108 valence electrons. The Hall–Kier alpha value is -2.15. The first-order valence-electron chi connectivity index (χ1n) is 6.35. The maximum Gasteiger partial charge on any atom is 0.336 e. The maximum absolute atomic E-state index is 12.0. The number of nitrogens with one attached hydrogen (secondary N) is 1. The molecule has 21 heavy (non-hydrogen) atoms. The number of hydrogen-bond donors (Lipinski definition) is 2. The molecule has 0 radical (unpaired) electrons. The van der Waals surface area contributed by atoms with Crippen molar-refractivity contribution in [2.45, 2.75) is 18.8 Å². The predicted octanol–water partition coefficient (Wildman–Crippen LogP) is 3.27. The third-order valence-electron chi connectivity index (χ3n) is 3.20. The molecular formula is C14H11BrN2O4. The Bertz CT molecular complexity index is 722. The summed E-state index contributed by atoms with van der Waals surface area (Å²) in [7, 11) is 0. The second-order valence-corrected chi connectivity index (χ2v) is 5.70. The molecule has 0 saturated heterocycles. The fourth-order valence-corrected chi connectivity index (χ4v) is 2.33. The van der Waals surface area contributed by atoms with Crippen LogP contribution in [0.4, 0.5) is 5.69 Å². The van der Waals surface area contributed by atoms with Gasteiger partial charge in [-0.15, -0.1) is 0 Å². The number of aromatic carboxylic acids is 1. The number of carboxylic acids is 1. The highest BCUT2D eigenvalue weighted by Crippen LogP contribution is 2.40. The lowest BCUT2D eigenvalue weighted by Gasteiger charge is -2.05. The van der Waals surface area contributed by atoms with Gasteiger partial charge in [0, 0.05) is 22.1 Å². The summed E-state index contributed by atoms with van der Waals surface area (Å²) in [5, 5.41) is 15.4. The molecule has 3 rings (SSSR count). The summed E-state index contributed by atoms with van der Waals surface area (Å²) in [4.78, 5) is 23.1. The quantitative estimate of drug-likeness (QED) is 0.882. The molecule has 1 fully saturated rings. The van der Waals surface area contributed by atoms with Crippen LogP contribution in [0.2, 0.25) is 0 Å². The number of carbonyl (C=O) groups is 2. The number of amides is 1. The summed E-state index contributed by atoms with van der Waals surface area (Å²) in [5.74, 6) is -0.396. The van der Waals surface area contributed by atoms with E-state index < -0.39 is 11.9 Å². The number of hydrogen-bond acceptors (Lipinski definition) is 4. The van der Waals surface area contributed by atoms with Gasteiger partial charge >= 0.3 is 5.97 Å². The molecule has 1 aliphatic rings. The van der Waals surface area contributed by atoms with E-state index in [1.54, 1.807) is 18.2 Å². The molecule has 1 amide bonds. The topological polar surface area (TPSA) is 92.4 Å². The molecule has 7 heteroatoms. The lowest BCUT2D eigenvalue weighted by atomic mass is 10.2. The third-order valence-corrected chi connectivity index (χ3v) is 3.89. The van der Waals surface area contributed by atoms with Crippen LogP contribution in [-0.2, 0) is 0 Å². The Balaban J connectivity index is 1.77. The first-order valence-corrected chi connectivity index (χ1v) is 7.14. The Morgan fingerprint density at radius 1 is 1.33 bits per heavy atom. The van der Waals surface area contributed by atoms with Crippen LogP contribution >= 0.6 is 15.9 Å². The zero-order chi connectivity index (χ0) is 15.0. The van der Waals surface area contributed by atoms with Crippen LogP contribution in [0.5, 0.6) is 0 Å². The van der Waals surface area contributed by atoms with Gasteiger partial charge < -0.3 is 14.9 Å². The molecule has 0 unspecified atom stereocenters. The number of anilines is 1. The predicted molar refractivity (Wildman–Crippen MR) is 77.5 cm³/mol. The number of halogens is 1. The monoisotopic (exact) mass is 350 g/mol. The van der Waals surface area contributed by atoms with Crippen molar-refractivity contribution in [3.63, 3.8) is 0 Å². The van der Waals surface area contributed by atoms with Crippen molar-refractivity contribution in [2.75, 3.05) is 5.32 Å². The van der Waals surface area contributed by atoms with Crippen molar-refractivity contribution in [3.8, 4) is 0 Å². The molecule has 0 aliphatic heterocycles. The minimum absolute atomic E-state index is 0.0756. The van der Waals surface area contributed by atoms with E-state index in [0.717, 1.165) is 18.6 Å². The molecule has 1 aromatic heterocycles. The van der Waals surface area contributed by atoms with Crippen LogP contribution in [0.15, 0.2) is 33.3 Å².